The van der Waals surface area contributed by atoms with Crippen molar-refractivity contribution < 1.29 is 19.6 Å². The number of nitrogens with zero attached hydrogens (tertiary/aromatic N) is 2. The van der Waals surface area contributed by atoms with Gasteiger partial charge in [-0.2, -0.15) is 0 Å². The van der Waals surface area contributed by atoms with Crippen molar-refractivity contribution in [1.29, 1.82) is 0 Å². The van der Waals surface area contributed by atoms with Crippen molar-refractivity contribution >= 4 is 46.3 Å². The van der Waals surface area contributed by atoms with Gasteiger partial charge in [0.05, 0.1) is 8.49 Å². The molecule has 0 spiro atoms. The Morgan fingerprint density at radius 3 is 2.67 bits per heavy atom. The fourth-order valence-electron chi connectivity index (χ4n) is 1.84. The standard InChI is InChI=1S/C12H10IN3O5/c1-2-15-11(18)9(14-12(15)19)4-6-3-7(16(20)21)5-8(13)10(6)17/h3-5,17H,2H2,1H3,(H,14,19)/b9-4+. The Morgan fingerprint density at radius 2 is 2.14 bits per heavy atom. The first-order chi connectivity index (χ1) is 9.85. The lowest BCUT2D eigenvalue weighted by molar-refractivity contribution is -0.385. The summed E-state index contributed by atoms with van der Waals surface area (Å²) in [6.07, 6.45) is 1.22. The van der Waals surface area contributed by atoms with Crippen molar-refractivity contribution in [2.45, 2.75) is 6.92 Å². The van der Waals surface area contributed by atoms with Crippen molar-refractivity contribution in [2.75, 3.05) is 6.54 Å². The molecule has 1 aliphatic heterocycles. The predicted molar refractivity (Wildman–Crippen MR) is 81.4 cm³/mol. The summed E-state index contributed by atoms with van der Waals surface area (Å²) in [5.74, 6) is -0.728. The Labute approximate surface area is 132 Å². The van der Waals surface area contributed by atoms with Gasteiger partial charge in [-0.15, -0.1) is 0 Å². The Hall–Kier alpha value is -2.17. The Bertz CT molecular complexity index is 686. The van der Waals surface area contributed by atoms with Gasteiger partial charge >= 0.3 is 6.03 Å². The molecular weight excluding hydrogens is 393 g/mol. The lowest BCUT2D eigenvalue weighted by Crippen LogP contribution is -2.30. The lowest BCUT2D eigenvalue weighted by atomic mass is 10.1. The summed E-state index contributed by atoms with van der Waals surface area (Å²) in [6.45, 7) is 1.86. The van der Waals surface area contributed by atoms with Crippen LogP contribution in [0.25, 0.3) is 6.08 Å². The molecule has 2 rings (SSSR count). The van der Waals surface area contributed by atoms with Crippen LogP contribution in [0.1, 0.15) is 12.5 Å². The van der Waals surface area contributed by atoms with Crippen LogP contribution in [0.3, 0.4) is 0 Å². The van der Waals surface area contributed by atoms with Crippen LogP contribution in [0.15, 0.2) is 17.8 Å². The number of carbonyl (C=O) groups excluding carboxylic acids is 2. The fraction of sp³-hybridized carbons (Fsp3) is 0.167. The predicted octanol–water partition coefficient (Wildman–Crippen LogP) is 1.82. The summed E-state index contributed by atoms with van der Waals surface area (Å²) >= 11 is 1.75. The number of aromatic hydroxyl groups is 1. The highest BCUT2D eigenvalue weighted by Gasteiger charge is 2.32. The van der Waals surface area contributed by atoms with E-state index in [-0.39, 0.29) is 32.8 Å². The maximum Gasteiger partial charge on any atom is 0.328 e. The van der Waals surface area contributed by atoms with Crippen molar-refractivity contribution in [1.82, 2.24) is 10.2 Å². The average Bonchev–Trinajstić information content (AvgIpc) is 2.68. The number of hydrogen-bond donors (Lipinski definition) is 2. The topological polar surface area (TPSA) is 113 Å². The van der Waals surface area contributed by atoms with Gasteiger partial charge in [0.25, 0.3) is 11.6 Å². The van der Waals surface area contributed by atoms with E-state index in [9.17, 15) is 24.8 Å². The van der Waals surface area contributed by atoms with Crippen molar-refractivity contribution in [2.24, 2.45) is 0 Å². The molecule has 8 nitrogen and oxygen atoms in total. The maximum absolute atomic E-state index is 11.9. The van der Waals surface area contributed by atoms with Crippen LogP contribution >= 0.6 is 22.6 Å². The fourth-order valence-corrected chi connectivity index (χ4v) is 2.47. The number of likely N-dealkylation sites (N-methyl/N-ethyl adjacent to an activating group) is 1. The summed E-state index contributed by atoms with van der Waals surface area (Å²) < 4.78 is 0.276. The molecule has 1 fully saturated rings. The van der Waals surface area contributed by atoms with Crippen molar-refractivity contribution in [3.8, 4) is 5.75 Å². The molecule has 0 unspecified atom stereocenters. The van der Waals surface area contributed by atoms with Gasteiger partial charge in [0.15, 0.2) is 0 Å². The normalized spacial score (nSPS) is 16.5. The first-order valence-corrected chi connectivity index (χ1v) is 6.94. The average molecular weight is 403 g/mol. The van der Waals surface area contributed by atoms with Gasteiger partial charge in [-0.25, -0.2) is 4.79 Å². The second kappa shape index (κ2) is 5.68. The third kappa shape index (κ3) is 2.82. The van der Waals surface area contributed by atoms with Crippen molar-refractivity contribution in [3.05, 3.63) is 37.1 Å². The molecule has 0 aromatic heterocycles. The van der Waals surface area contributed by atoms with E-state index in [0.717, 1.165) is 11.0 Å². The highest BCUT2D eigenvalue weighted by Crippen LogP contribution is 2.31. The molecule has 0 aliphatic carbocycles. The number of carbonyl (C=O) groups is 2. The van der Waals surface area contributed by atoms with Gasteiger partial charge in [0.1, 0.15) is 11.4 Å². The van der Waals surface area contributed by atoms with E-state index in [0.29, 0.717) is 0 Å². The number of halogens is 1. The Balaban J connectivity index is 2.48. The number of imide groups is 1. The molecule has 1 aromatic carbocycles. The molecule has 2 N–H and O–H groups in total. The maximum atomic E-state index is 11.9. The molecule has 0 bridgehead atoms. The summed E-state index contributed by atoms with van der Waals surface area (Å²) in [6, 6.07) is 1.79. The van der Waals surface area contributed by atoms with Crippen LogP contribution < -0.4 is 5.32 Å². The summed E-state index contributed by atoms with van der Waals surface area (Å²) in [5, 5.41) is 23.1. The van der Waals surface area contributed by atoms with E-state index in [1.54, 1.807) is 29.5 Å². The molecule has 1 saturated heterocycles. The van der Waals surface area contributed by atoms with Crippen LogP contribution in [0, 0.1) is 13.7 Å². The lowest BCUT2D eigenvalue weighted by Gasteiger charge is -2.06. The van der Waals surface area contributed by atoms with Crippen LogP contribution in [0.5, 0.6) is 5.75 Å². The van der Waals surface area contributed by atoms with E-state index in [2.05, 4.69) is 5.32 Å². The molecule has 0 saturated carbocycles. The second-order valence-corrected chi connectivity index (χ2v) is 5.32. The number of phenols is 1. The van der Waals surface area contributed by atoms with E-state index < -0.39 is 16.9 Å². The van der Waals surface area contributed by atoms with Gasteiger partial charge < -0.3 is 10.4 Å². The van der Waals surface area contributed by atoms with Gasteiger partial charge in [0.2, 0.25) is 0 Å². The monoisotopic (exact) mass is 403 g/mol. The largest absolute Gasteiger partial charge is 0.506 e. The van der Waals surface area contributed by atoms with Crippen LogP contribution in [0.2, 0.25) is 0 Å². The van der Waals surface area contributed by atoms with E-state index in [1.165, 1.54) is 12.1 Å². The number of amides is 3. The molecule has 1 aliphatic rings. The zero-order valence-electron chi connectivity index (χ0n) is 10.8. The van der Waals surface area contributed by atoms with Crippen LogP contribution in [0.4, 0.5) is 10.5 Å². The Morgan fingerprint density at radius 1 is 1.48 bits per heavy atom. The number of hydrogen-bond acceptors (Lipinski definition) is 5. The molecule has 0 radical (unpaired) electrons. The van der Waals surface area contributed by atoms with Crippen LogP contribution in [-0.2, 0) is 4.79 Å². The first-order valence-electron chi connectivity index (χ1n) is 5.86. The zero-order valence-corrected chi connectivity index (χ0v) is 12.9. The van der Waals surface area contributed by atoms with E-state index >= 15 is 0 Å². The number of nitro groups is 1. The van der Waals surface area contributed by atoms with Gasteiger partial charge in [-0.1, -0.05) is 0 Å². The highest BCUT2D eigenvalue weighted by atomic mass is 127. The van der Waals surface area contributed by atoms with Gasteiger partial charge in [-0.05, 0) is 35.6 Å². The summed E-state index contributed by atoms with van der Waals surface area (Å²) in [5.41, 5.74) is -0.156. The number of benzene rings is 1. The molecule has 9 heteroatoms. The molecule has 3 amide bonds. The number of non-ortho nitro benzene ring substituents is 1. The SMILES string of the molecule is CCN1C(=O)N/C(=C/c2cc([N+](=O)[O-])cc(I)c2O)C1=O. The molecule has 1 aromatic rings. The third-order valence-electron chi connectivity index (χ3n) is 2.87. The summed E-state index contributed by atoms with van der Waals surface area (Å²) in [4.78, 5) is 34.7. The molecule has 21 heavy (non-hydrogen) atoms. The number of nitro benzene ring substituents is 1. The highest BCUT2D eigenvalue weighted by molar-refractivity contribution is 14.1. The first kappa shape index (κ1) is 15.2. The van der Waals surface area contributed by atoms with Gasteiger partial charge in [-0.3, -0.25) is 19.8 Å². The van der Waals surface area contributed by atoms with Crippen molar-refractivity contribution in [3.63, 3.8) is 0 Å². The third-order valence-corrected chi connectivity index (χ3v) is 3.69. The zero-order chi connectivity index (χ0) is 15.7. The Kier molecular flexibility index (Phi) is 4.11. The van der Waals surface area contributed by atoms with E-state index in [4.69, 9.17) is 0 Å². The van der Waals surface area contributed by atoms with Gasteiger partial charge in [0, 0.05) is 24.2 Å². The van der Waals surface area contributed by atoms with Crippen LogP contribution in [-0.4, -0.2) is 33.4 Å². The number of phenolic OH excluding ortho intramolecular Hbond substituents is 1. The minimum atomic E-state index is -0.600. The molecular formula is C12H10IN3O5. The van der Waals surface area contributed by atoms with E-state index in [1.807, 2.05) is 0 Å². The minimum Gasteiger partial charge on any atom is -0.506 e. The number of urea groups is 1. The molecule has 1 heterocycles. The summed E-state index contributed by atoms with van der Waals surface area (Å²) in [7, 11) is 0. The quantitative estimate of drug-likeness (QED) is 0.263. The second-order valence-electron chi connectivity index (χ2n) is 4.16. The smallest absolute Gasteiger partial charge is 0.328 e. The number of rotatable bonds is 3. The minimum absolute atomic E-state index is 0.0338. The number of nitrogens with one attached hydrogen (secondary N) is 1. The molecule has 0 atom stereocenters. The molecule has 110 valence electrons.